The summed E-state index contributed by atoms with van der Waals surface area (Å²) in [7, 11) is 0. The Labute approximate surface area is 130 Å². The number of halogens is 2. The van der Waals surface area contributed by atoms with Crippen molar-refractivity contribution in [3.05, 3.63) is 75.6 Å². The molecule has 0 aliphatic heterocycles. The highest BCUT2D eigenvalue weighted by atomic mass is 79.9. The molecule has 4 heteroatoms. The van der Waals surface area contributed by atoms with Crippen LogP contribution in [-0.2, 0) is 0 Å². The summed E-state index contributed by atoms with van der Waals surface area (Å²) >= 11 is 3.30. The Morgan fingerprint density at radius 1 is 1.05 bits per heavy atom. The summed E-state index contributed by atoms with van der Waals surface area (Å²) in [6.07, 6.45) is 0. The average Bonchev–Trinajstić information content (AvgIpc) is 2.45. The number of hydrogen-bond donors (Lipinski definition) is 1. The molecule has 1 atom stereocenters. The molecule has 106 valence electrons. The Hall–Kier alpha value is -1.78. The zero-order chi connectivity index (χ0) is 15.0. The third kappa shape index (κ3) is 2.96. The monoisotopic (exact) mass is 344 g/mol. The van der Waals surface area contributed by atoms with Crippen LogP contribution in [0.1, 0.15) is 22.9 Å². The van der Waals surface area contributed by atoms with Gasteiger partial charge in [-0.15, -0.1) is 0 Å². The van der Waals surface area contributed by atoms with Crippen LogP contribution in [-0.4, -0.2) is 4.98 Å². The van der Waals surface area contributed by atoms with Gasteiger partial charge in [0.15, 0.2) is 0 Å². The fraction of sp³-hybridized carbons (Fsp3) is 0.118. The van der Waals surface area contributed by atoms with Crippen molar-refractivity contribution in [2.24, 2.45) is 5.73 Å². The number of benzene rings is 2. The highest BCUT2D eigenvalue weighted by Crippen LogP contribution is 2.26. The van der Waals surface area contributed by atoms with Crippen molar-refractivity contribution in [1.29, 1.82) is 0 Å². The average molecular weight is 345 g/mol. The van der Waals surface area contributed by atoms with E-state index >= 15 is 0 Å². The molecule has 0 bridgehead atoms. The van der Waals surface area contributed by atoms with Gasteiger partial charge in [0.05, 0.1) is 11.6 Å². The van der Waals surface area contributed by atoms with E-state index in [9.17, 15) is 4.39 Å². The minimum atomic E-state index is -0.372. The molecule has 2 N–H and O–H groups in total. The van der Waals surface area contributed by atoms with E-state index in [1.807, 2.05) is 43.3 Å². The lowest BCUT2D eigenvalue weighted by Crippen LogP contribution is -2.12. The Bertz CT molecular complexity index is 797. The standard InChI is InChI=1S/C17H14BrFN2/c1-10-2-3-11-6-12(4-5-16(11)21-10)17(20)13-7-14(18)9-15(19)8-13/h2-9,17H,20H2,1H3. The molecule has 0 aliphatic carbocycles. The molecule has 1 aromatic heterocycles. The maximum Gasteiger partial charge on any atom is 0.124 e. The van der Waals surface area contributed by atoms with Crippen LogP contribution in [0, 0.1) is 12.7 Å². The van der Waals surface area contributed by atoms with Crippen molar-refractivity contribution in [3.8, 4) is 0 Å². The van der Waals surface area contributed by atoms with Crippen molar-refractivity contribution < 1.29 is 4.39 Å². The van der Waals surface area contributed by atoms with Crippen molar-refractivity contribution >= 4 is 26.8 Å². The molecule has 0 saturated carbocycles. The van der Waals surface area contributed by atoms with Gasteiger partial charge in [0.1, 0.15) is 5.82 Å². The first-order valence-electron chi connectivity index (χ1n) is 6.62. The van der Waals surface area contributed by atoms with E-state index in [4.69, 9.17) is 5.73 Å². The predicted octanol–water partition coefficient (Wildman–Crippen LogP) is 4.49. The van der Waals surface area contributed by atoms with Gasteiger partial charge in [-0.1, -0.05) is 28.1 Å². The molecule has 1 unspecified atom stereocenters. The van der Waals surface area contributed by atoms with Gasteiger partial charge < -0.3 is 5.73 Å². The first kappa shape index (κ1) is 14.2. The first-order valence-corrected chi connectivity index (χ1v) is 7.41. The number of aryl methyl sites for hydroxylation is 1. The summed E-state index contributed by atoms with van der Waals surface area (Å²) in [6, 6.07) is 14.2. The van der Waals surface area contributed by atoms with Gasteiger partial charge in [-0.2, -0.15) is 0 Å². The molecule has 0 fully saturated rings. The minimum absolute atomic E-state index is 0.298. The summed E-state index contributed by atoms with van der Waals surface area (Å²) in [4.78, 5) is 4.47. The smallest absolute Gasteiger partial charge is 0.124 e. The van der Waals surface area contributed by atoms with Gasteiger partial charge in [-0.3, -0.25) is 4.98 Å². The number of hydrogen-bond acceptors (Lipinski definition) is 2. The number of fused-ring (bicyclic) bond motifs is 1. The third-order valence-corrected chi connectivity index (χ3v) is 3.91. The van der Waals surface area contributed by atoms with Gasteiger partial charge in [-0.25, -0.2) is 4.39 Å². The van der Waals surface area contributed by atoms with Crippen LogP contribution in [0.2, 0.25) is 0 Å². The van der Waals surface area contributed by atoms with Crippen LogP contribution < -0.4 is 5.73 Å². The molecule has 21 heavy (non-hydrogen) atoms. The Morgan fingerprint density at radius 2 is 1.86 bits per heavy atom. The Kier molecular flexibility index (Phi) is 3.74. The number of pyridine rings is 1. The molecule has 0 aliphatic rings. The lowest BCUT2D eigenvalue weighted by molar-refractivity contribution is 0.622. The second-order valence-corrected chi connectivity index (χ2v) is 6.00. The SMILES string of the molecule is Cc1ccc2cc(C(N)c3cc(F)cc(Br)c3)ccc2n1. The van der Waals surface area contributed by atoms with Crippen LogP contribution in [0.25, 0.3) is 10.9 Å². The van der Waals surface area contributed by atoms with Gasteiger partial charge in [0.2, 0.25) is 0 Å². The zero-order valence-corrected chi connectivity index (χ0v) is 13.1. The molecule has 0 amide bonds. The number of nitrogens with two attached hydrogens (primary N) is 1. The van der Waals surface area contributed by atoms with Crippen LogP contribution in [0.3, 0.4) is 0 Å². The maximum atomic E-state index is 13.5. The zero-order valence-electron chi connectivity index (χ0n) is 11.5. The minimum Gasteiger partial charge on any atom is -0.320 e. The maximum absolute atomic E-state index is 13.5. The van der Waals surface area contributed by atoms with Crippen molar-refractivity contribution in [1.82, 2.24) is 4.98 Å². The van der Waals surface area contributed by atoms with E-state index in [0.29, 0.717) is 4.47 Å². The van der Waals surface area contributed by atoms with Gasteiger partial charge in [0.25, 0.3) is 0 Å². The molecule has 0 spiro atoms. The molecular weight excluding hydrogens is 331 g/mol. The highest BCUT2D eigenvalue weighted by molar-refractivity contribution is 9.10. The Balaban J connectivity index is 2.04. The predicted molar refractivity (Wildman–Crippen MR) is 86.6 cm³/mol. The molecule has 2 aromatic carbocycles. The summed E-state index contributed by atoms with van der Waals surface area (Å²) < 4.78 is 14.2. The van der Waals surface area contributed by atoms with Crippen LogP contribution in [0.4, 0.5) is 4.39 Å². The number of nitrogens with zero attached hydrogens (tertiary/aromatic N) is 1. The summed E-state index contributed by atoms with van der Waals surface area (Å²) in [5, 5.41) is 1.03. The largest absolute Gasteiger partial charge is 0.320 e. The van der Waals surface area contributed by atoms with Crippen LogP contribution in [0.5, 0.6) is 0 Å². The Morgan fingerprint density at radius 3 is 2.62 bits per heavy atom. The van der Waals surface area contributed by atoms with Gasteiger partial charge >= 0.3 is 0 Å². The summed E-state index contributed by atoms with van der Waals surface area (Å²) in [5.41, 5.74) is 9.86. The molecule has 3 rings (SSSR count). The quantitative estimate of drug-likeness (QED) is 0.743. The van der Waals surface area contributed by atoms with Crippen molar-refractivity contribution in [2.75, 3.05) is 0 Å². The van der Waals surface area contributed by atoms with E-state index in [-0.39, 0.29) is 11.9 Å². The fourth-order valence-corrected chi connectivity index (χ4v) is 2.87. The van der Waals surface area contributed by atoms with Crippen molar-refractivity contribution in [2.45, 2.75) is 13.0 Å². The molecule has 2 nitrogen and oxygen atoms in total. The molecule has 3 aromatic rings. The van der Waals surface area contributed by atoms with E-state index in [2.05, 4.69) is 20.9 Å². The lowest BCUT2D eigenvalue weighted by atomic mass is 9.98. The van der Waals surface area contributed by atoms with Crippen molar-refractivity contribution in [3.63, 3.8) is 0 Å². The first-order chi connectivity index (χ1) is 10.0. The topological polar surface area (TPSA) is 38.9 Å². The van der Waals surface area contributed by atoms with Crippen LogP contribution in [0.15, 0.2) is 53.0 Å². The van der Waals surface area contributed by atoms with E-state index in [1.54, 1.807) is 0 Å². The molecular formula is C17H14BrFN2. The van der Waals surface area contributed by atoms with E-state index in [0.717, 1.165) is 27.7 Å². The molecule has 0 radical (unpaired) electrons. The summed E-state index contributed by atoms with van der Waals surface area (Å²) in [5.74, 6) is -0.298. The second kappa shape index (κ2) is 5.54. The van der Waals surface area contributed by atoms with Crippen LogP contribution >= 0.6 is 15.9 Å². The third-order valence-electron chi connectivity index (χ3n) is 3.46. The van der Waals surface area contributed by atoms with E-state index in [1.165, 1.54) is 12.1 Å². The number of aromatic nitrogens is 1. The fourth-order valence-electron chi connectivity index (χ4n) is 2.39. The normalized spacial score (nSPS) is 12.6. The number of rotatable bonds is 2. The van der Waals surface area contributed by atoms with E-state index < -0.39 is 0 Å². The molecule has 0 saturated heterocycles. The van der Waals surface area contributed by atoms with Gasteiger partial charge in [-0.05, 0) is 54.4 Å². The highest BCUT2D eigenvalue weighted by Gasteiger charge is 2.11. The summed E-state index contributed by atoms with van der Waals surface area (Å²) in [6.45, 7) is 1.96. The van der Waals surface area contributed by atoms with Gasteiger partial charge in [0, 0.05) is 15.6 Å². The second-order valence-electron chi connectivity index (χ2n) is 5.09. The molecule has 1 heterocycles. The lowest BCUT2D eigenvalue weighted by Gasteiger charge is -2.14.